The number of ether oxygens (including phenoxy) is 2. The van der Waals surface area contributed by atoms with Crippen molar-refractivity contribution in [2.24, 2.45) is 0 Å². The summed E-state index contributed by atoms with van der Waals surface area (Å²) in [4.78, 5) is 29.2. The molecule has 0 radical (unpaired) electrons. The van der Waals surface area contributed by atoms with Crippen molar-refractivity contribution in [2.45, 2.75) is 33.9 Å². The lowest BCUT2D eigenvalue weighted by Crippen LogP contribution is -2.16. The Bertz CT molecular complexity index is 943. The van der Waals surface area contributed by atoms with Gasteiger partial charge in [-0.15, -0.1) is 11.3 Å². The average molecular weight is 389 g/mol. The van der Waals surface area contributed by atoms with Crippen LogP contribution >= 0.6 is 11.3 Å². The topological polar surface area (TPSA) is 96.5 Å². The van der Waals surface area contributed by atoms with Crippen LogP contribution in [-0.4, -0.2) is 33.3 Å². The largest absolute Gasteiger partial charge is 0.462 e. The second-order valence-electron chi connectivity index (χ2n) is 5.74. The number of rotatable bonds is 7. The molecular formula is C18H19N3O5S. The SMILES string of the molecule is CCOC(=O)c1cc(C)n(CC(=O)OCc2nc(-c3cccs3)no2)c1C. The number of carbonyl (C=O) groups excluding carboxylic acids is 2. The Morgan fingerprint density at radius 1 is 1.30 bits per heavy atom. The summed E-state index contributed by atoms with van der Waals surface area (Å²) in [5.74, 6) is -0.188. The molecular weight excluding hydrogens is 370 g/mol. The fourth-order valence-corrected chi connectivity index (χ4v) is 3.25. The van der Waals surface area contributed by atoms with Crippen LogP contribution in [0.3, 0.4) is 0 Å². The maximum Gasteiger partial charge on any atom is 0.339 e. The summed E-state index contributed by atoms with van der Waals surface area (Å²) in [5.41, 5.74) is 1.87. The summed E-state index contributed by atoms with van der Waals surface area (Å²) >= 11 is 1.49. The molecule has 27 heavy (non-hydrogen) atoms. The van der Waals surface area contributed by atoms with E-state index in [1.165, 1.54) is 11.3 Å². The highest BCUT2D eigenvalue weighted by atomic mass is 32.1. The van der Waals surface area contributed by atoms with Gasteiger partial charge in [0.25, 0.3) is 5.89 Å². The lowest BCUT2D eigenvalue weighted by atomic mass is 10.2. The molecule has 0 saturated carbocycles. The molecule has 0 unspecified atom stereocenters. The second kappa shape index (κ2) is 8.17. The first-order chi connectivity index (χ1) is 13.0. The van der Waals surface area contributed by atoms with Crippen molar-refractivity contribution in [2.75, 3.05) is 6.61 Å². The molecule has 3 rings (SSSR count). The highest BCUT2D eigenvalue weighted by Gasteiger charge is 2.19. The molecule has 3 heterocycles. The fraction of sp³-hybridized carbons (Fsp3) is 0.333. The Kier molecular flexibility index (Phi) is 5.70. The normalized spacial score (nSPS) is 10.8. The van der Waals surface area contributed by atoms with Crippen molar-refractivity contribution < 1.29 is 23.6 Å². The molecule has 0 fully saturated rings. The number of aryl methyl sites for hydroxylation is 1. The molecule has 0 aliphatic rings. The maximum absolute atomic E-state index is 12.2. The number of aromatic nitrogens is 3. The predicted octanol–water partition coefficient (Wildman–Crippen LogP) is 3.14. The molecule has 0 N–H and O–H groups in total. The summed E-state index contributed by atoms with van der Waals surface area (Å²) in [6, 6.07) is 5.47. The Morgan fingerprint density at radius 2 is 2.11 bits per heavy atom. The Labute approximate surface area is 159 Å². The third-order valence-electron chi connectivity index (χ3n) is 3.92. The smallest absolute Gasteiger partial charge is 0.339 e. The quantitative estimate of drug-likeness (QED) is 0.573. The van der Waals surface area contributed by atoms with Crippen LogP contribution in [0.15, 0.2) is 28.1 Å². The lowest BCUT2D eigenvalue weighted by molar-refractivity contribution is -0.146. The second-order valence-corrected chi connectivity index (χ2v) is 6.69. The summed E-state index contributed by atoms with van der Waals surface area (Å²) in [5, 5.41) is 5.78. The minimum atomic E-state index is -0.469. The summed E-state index contributed by atoms with van der Waals surface area (Å²) in [7, 11) is 0. The van der Waals surface area contributed by atoms with Crippen LogP contribution in [0.25, 0.3) is 10.7 Å². The van der Waals surface area contributed by atoms with Gasteiger partial charge in [0.1, 0.15) is 6.54 Å². The van der Waals surface area contributed by atoms with Crippen molar-refractivity contribution in [3.8, 4) is 10.7 Å². The monoisotopic (exact) mass is 389 g/mol. The van der Waals surface area contributed by atoms with Crippen LogP contribution in [0.4, 0.5) is 0 Å². The van der Waals surface area contributed by atoms with Gasteiger partial charge in [0.15, 0.2) is 6.61 Å². The van der Waals surface area contributed by atoms with E-state index in [2.05, 4.69) is 10.1 Å². The highest BCUT2D eigenvalue weighted by molar-refractivity contribution is 7.13. The number of esters is 2. The van der Waals surface area contributed by atoms with Gasteiger partial charge in [0, 0.05) is 11.4 Å². The molecule has 0 aromatic carbocycles. The molecule has 0 aliphatic carbocycles. The Hall–Kier alpha value is -2.94. The van der Waals surface area contributed by atoms with E-state index in [0.717, 1.165) is 10.6 Å². The van der Waals surface area contributed by atoms with Gasteiger partial charge in [-0.25, -0.2) is 4.79 Å². The van der Waals surface area contributed by atoms with Gasteiger partial charge in [0.05, 0.1) is 17.0 Å². The minimum Gasteiger partial charge on any atom is -0.462 e. The van der Waals surface area contributed by atoms with E-state index in [0.29, 0.717) is 23.7 Å². The van der Waals surface area contributed by atoms with Crippen LogP contribution in [0.1, 0.15) is 34.6 Å². The Balaban J connectivity index is 1.61. The zero-order chi connectivity index (χ0) is 19.4. The van der Waals surface area contributed by atoms with Gasteiger partial charge in [-0.2, -0.15) is 4.98 Å². The molecule has 3 aromatic rings. The van der Waals surface area contributed by atoms with E-state index < -0.39 is 11.9 Å². The molecule has 0 amide bonds. The molecule has 142 valence electrons. The first-order valence-electron chi connectivity index (χ1n) is 8.35. The zero-order valence-electron chi connectivity index (χ0n) is 15.2. The zero-order valence-corrected chi connectivity index (χ0v) is 16.0. The van der Waals surface area contributed by atoms with Crippen LogP contribution < -0.4 is 0 Å². The number of nitrogens with zero attached hydrogens (tertiary/aromatic N) is 3. The Morgan fingerprint density at radius 3 is 2.81 bits per heavy atom. The van der Waals surface area contributed by atoms with Crippen molar-refractivity contribution in [3.05, 3.63) is 46.4 Å². The van der Waals surface area contributed by atoms with Crippen molar-refractivity contribution in [3.63, 3.8) is 0 Å². The highest BCUT2D eigenvalue weighted by Crippen LogP contribution is 2.21. The number of hydrogen-bond acceptors (Lipinski definition) is 8. The first-order valence-corrected chi connectivity index (χ1v) is 9.23. The van der Waals surface area contributed by atoms with Crippen LogP contribution in [0, 0.1) is 13.8 Å². The minimum absolute atomic E-state index is 0.0248. The molecule has 0 aliphatic heterocycles. The van der Waals surface area contributed by atoms with E-state index in [1.807, 2.05) is 24.4 Å². The van der Waals surface area contributed by atoms with Crippen LogP contribution in [0.2, 0.25) is 0 Å². The molecule has 0 spiro atoms. The summed E-state index contributed by atoms with van der Waals surface area (Å²) in [6.45, 7) is 5.48. The van der Waals surface area contributed by atoms with Gasteiger partial charge in [-0.3, -0.25) is 4.79 Å². The predicted molar refractivity (Wildman–Crippen MR) is 97.3 cm³/mol. The standard InChI is InChI=1S/C18H19N3O5S/c1-4-24-18(23)13-8-11(2)21(12(13)3)9-16(22)25-10-15-19-17(20-26-15)14-6-5-7-27-14/h5-8H,4,9-10H2,1-3H3. The molecule has 0 atom stereocenters. The van der Waals surface area contributed by atoms with Gasteiger partial charge < -0.3 is 18.6 Å². The maximum atomic E-state index is 12.2. The van der Waals surface area contributed by atoms with Gasteiger partial charge in [0.2, 0.25) is 5.82 Å². The number of carbonyl (C=O) groups is 2. The van der Waals surface area contributed by atoms with E-state index >= 15 is 0 Å². The summed E-state index contributed by atoms with van der Waals surface area (Å²) < 4.78 is 17.1. The lowest BCUT2D eigenvalue weighted by Gasteiger charge is -2.09. The van der Waals surface area contributed by atoms with Gasteiger partial charge >= 0.3 is 11.9 Å². The van der Waals surface area contributed by atoms with Crippen LogP contribution in [0.5, 0.6) is 0 Å². The first kappa shape index (κ1) is 18.8. The number of hydrogen-bond donors (Lipinski definition) is 0. The van der Waals surface area contributed by atoms with E-state index in [-0.39, 0.29) is 19.0 Å². The van der Waals surface area contributed by atoms with Crippen molar-refractivity contribution in [1.82, 2.24) is 14.7 Å². The summed E-state index contributed by atoms with van der Waals surface area (Å²) in [6.07, 6.45) is 0. The van der Waals surface area contributed by atoms with Gasteiger partial charge in [-0.1, -0.05) is 11.2 Å². The average Bonchev–Trinajstić information content (AvgIpc) is 3.37. The third-order valence-corrected chi connectivity index (χ3v) is 4.79. The van der Waals surface area contributed by atoms with Crippen molar-refractivity contribution >= 4 is 23.3 Å². The molecule has 3 aromatic heterocycles. The van der Waals surface area contributed by atoms with Crippen molar-refractivity contribution in [1.29, 1.82) is 0 Å². The van der Waals surface area contributed by atoms with E-state index in [9.17, 15) is 9.59 Å². The van der Waals surface area contributed by atoms with Crippen LogP contribution in [-0.2, 0) is 27.4 Å². The van der Waals surface area contributed by atoms with E-state index in [1.54, 1.807) is 24.5 Å². The van der Waals surface area contributed by atoms with E-state index in [4.69, 9.17) is 14.0 Å². The third kappa shape index (κ3) is 4.25. The molecule has 8 nitrogen and oxygen atoms in total. The number of thiophene rings is 1. The fourth-order valence-electron chi connectivity index (χ4n) is 2.60. The molecule has 9 heteroatoms. The van der Waals surface area contributed by atoms with Gasteiger partial charge in [-0.05, 0) is 38.3 Å². The molecule has 0 saturated heterocycles. The molecule has 0 bridgehead atoms.